The molecule has 1 aromatic rings. The van der Waals surface area contributed by atoms with Gasteiger partial charge in [0.25, 0.3) is 0 Å². The van der Waals surface area contributed by atoms with Gasteiger partial charge >= 0.3 is 11.9 Å². The highest BCUT2D eigenvalue weighted by atomic mass is 19.4. The van der Waals surface area contributed by atoms with Gasteiger partial charge in [-0.2, -0.15) is 18.0 Å². The van der Waals surface area contributed by atoms with Gasteiger partial charge in [0.05, 0.1) is 4.92 Å². The van der Waals surface area contributed by atoms with Crippen molar-refractivity contribution in [3.05, 3.63) is 21.5 Å². The molecule has 9 heteroatoms. The first-order chi connectivity index (χ1) is 6.25. The average Bonchev–Trinajstić information content (AvgIpc) is 2.27. The summed E-state index contributed by atoms with van der Waals surface area (Å²) in [5.74, 6) is 4.98. The number of hydrogen-bond donors (Lipinski definition) is 1. The van der Waals surface area contributed by atoms with E-state index in [0.717, 1.165) is 6.92 Å². The second-order valence-corrected chi connectivity index (χ2v) is 2.48. The third-order valence-electron chi connectivity index (χ3n) is 1.57. The molecular formula is C5H5F3N4O2. The summed E-state index contributed by atoms with van der Waals surface area (Å²) in [5.41, 5.74) is -3.04. The lowest BCUT2D eigenvalue weighted by Gasteiger charge is -1.99. The average molecular weight is 210 g/mol. The Morgan fingerprint density at radius 3 is 2.36 bits per heavy atom. The number of rotatable bonds is 1. The molecule has 1 rings (SSSR count). The van der Waals surface area contributed by atoms with Gasteiger partial charge in [-0.3, -0.25) is 10.1 Å². The first-order valence-electron chi connectivity index (χ1n) is 3.31. The second-order valence-electron chi connectivity index (χ2n) is 2.48. The van der Waals surface area contributed by atoms with E-state index in [2.05, 4.69) is 5.10 Å². The van der Waals surface area contributed by atoms with E-state index >= 15 is 0 Å². The Morgan fingerprint density at radius 2 is 2.07 bits per heavy atom. The molecule has 1 aromatic heterocycles. The molecule has 78 valence electrons. The standard InChI is InChI=1S/C5H5F3N4O2/c1-2-3(12(13)14)4(5(6,7)8)10-11(2)9/h9H2,1H3. The van der Waals surface area contributed by atoms with Gasteiger partial charge in [-0.05, 0) is 6.92 Å². The summed E-state index contributed by atoms with van der Waals surface area (Å²) in [6.07, 6.45) is -4.88. The minimum atomic E-state index is -4.88. The molecule has 1 heterocycles. The van der Waals surface area contributed by atoms with Crippen molar-refractivity contribution >= 4 is 5.69 Å². The number of nitrogens with zero attached hydrogens (tertiary/aromatic N) is 3. The lowest BCUT2D eigenvalue weighted by molar-refractivity contribution is -0.388. The maximum absolute atomic E-state index is 12.2. The Morgan fingerprint density at radius 1 is 1.57 bits per heavy atom. The summed E-state index contributed by atoms with van der Waals surface area (Å²) in [5, 5.41) is 13.1. The Kier molecular flexibility index (Phi) is 2.10. The molecule has 6 nitrogen and oxygen atoms in total. The molecule has 0 bridgehead atoms. The Balaban J connectivity index is 3.45. The Bertz CT molecular complexity index is 383. The van der Waals surface area contributed by atoms with E-state index in [9.17, 15) is 23.3 Å². The largest absolute Gasteiger partial charge is 0.442 e. The Hall–Kier alpha value is -1.80. The topological polar surface area (TPSA) is 87.0 Å². The number of alkyl halides is 3. The van der Waals surface area contributed by atoms with Crippen molar-refractivity contribution in [1.82, 2.24) is 9.89 Å². The van der Waals surface area contributed by atoms with Crippen LogP contribution < -0.4 is 5.84 Å². The molecule has 0 aliphatic heterocycles. The number of nitrogen functional groups attached to an aromatic ring is 1. The summed E-state index contributed by atoms with van der Waals surface area (Å²) < 4.78 is 36.5. The van der Waals surface area contributed by atoms with Crippen molar-refractivity contribution in [2.45, 2.75) is 13.1 Å². The van der Waals surface area contributed by atoms with Gasteiger partial charge in [0.2, 0.25) is 5.69 Å². The molecule has 0 radical (unpaired) electrons. The normalized spacial score (nSPS) is 11.7. The molecule has 0 aliphatic carbocycles. The zero-order valence-electron chi connectivity index (χ0n) is 6.87. The van der Waals surface area contributed by atoms with Crippen LogP contribution in [0.3, 0.4) is 0 Å². The molecule has 0 aromatic carbocycles. The number of aromatic nitrogens is 2. The van der Waals surface area contributed by atoms with Gasteiger partial charge in [-0.15, -0.1) is 5.10 Å². The van der Waals surface area contributed by atoms with E-state index in [1.807, 2.05) is 0 Å². The van der Waals surface area contributed by atoms with Gasteiger partial charge in [0.1, 0.15) is 5.69 Å². The highest BCUT2D eigenvalue weighted by Gasteiger charge is 2.44. The van der Waals surface area contributed by atoms with Crippen LogP contribution in [0.1, 0.15) is 11.4 Å². The quantitative estimate of drug-likeness (QED) is 0.422. The molecular weight excluding hydrogens is 205 g/mol. The first-order valence-corrected chi connectivity index (χ1v) is 3.31. The van der Waals surface area contributed by atoms with E-state index in [1.54, 1.807) is 0 Å². The van der Waals surface area contributed by atoms with Crippen molar-refractivity contribution in [1.29, 1.82) is 0 Å². The highest BCUT2D eigenvalue weighted by Crippen LogP contribution is 2.36. The van der Waals surface area contributed by atoms with Crippen LogP contribution >= 0.6 is 0 Å². The fourth-order valence-electron chi connectivity index (χ4n) is 0.919. The second kappa shape index (κ2) is 2.86. The van der Waals surface area contributed by atoms with Gasteiger partial charge in [-0.25, -0.2) is 0 Å². The fraction of sp³-hybridized carbons (Fsp3) is 0.400. The number of halogens is 3. The molecule has 0 unspecified atom stereocenters. The van der Waals surface area contributed by atoms with Crippen molar-refractivity contribution in [2.24, 2.45) is 0 Å². The summed E-state index contributed by atoms with van der Waals surface area (Å²) in [6.45, 7) is 1.08. The molecule has 0 saturated heterocycles. The monoisotopic (exact) mass is 210 g/mol. The summed E-state index contributed by atoms with van der Waals surface area (Å²) in [7, 11) is 0. The lowest BCUT2D eigenvalue weighted by atomic mass is 10.3. The van der Waals surface area contributed by atoms with Crippen LogP contribution in [0.25, 0.3) is 0 Å². The molecule has 0 fully saturated rings. The first kappa shape index (κ1) is 10.3. The van der Waals surface area contributed by atoms with Crippen LogP contribution in [0.5, 0.6) is 0 Å². The molecule has 0 atom stereocenters. The zero-order chi connectivity index (χ0) is 11.1. The molecule has 0 aliphatic rings. The minimum Gasteiger partial charge on any atom is -0.323 e. The van der Waals surface area contributed by atoms with E-state index in [4.69, 9.17) is 5.84 Å². The number of nitrogens with two attached hydrogens (primary N) is 1. The maximum atomic E-state index is 12.2. The zero-order valence-corrected chi connectivity index (χ0v) is 6.87. The third-order valence-corrected chi connectivity index (χ3v) is 1.57. The van der Waals surface area contributed by atoms with Crippen molar-refractivity contribution < 1.29 is 18.1 Å². The predicted octanol–water partition coefficient (Wildman–Crippen LogP) is 0.832. The minimum absolute atomic E-state index is 0.334. The fourth-order valence-corrected chi connectivity index (χ4v) is 0.919. The van der Waals surface area contributed by atoms with Crippen molar-refractivity contribution in [3.8, 4) is 0 Å². The van der Waals surface area contributed by atoms with Crippen LogP contribution in [0.15, 0.2) is 0 Å². The molecule has 0 spiro atoms. The predicted molar refractivity (Wildman–Crippen MR) is 38.8 cm³/mol. The molecule has 0 amide bonds. The van der Waals surface area contributed by atoms with E-state index in [1.165, 1.54) is 0 Å². The number of nitro groups is 1. The van der Waals surface area contributed by atoms with Gasteiger partial charge in [-0.1, -0.05) is 0 Å². The van der Waals surface area contributed by atoms with Crippen LogP contribution in [0.2, 0.25) is 0 Å². The highest BCUT2D eigenvalue weighted by molar-refractivity contribution is 5.42. The van der Waals surface area contributed by atoms with Gasteiger partial charge in [0.15, 0.2) is 0 Å². The van der Waals surface area contributed by atoms with Crippen LogP contribution in [0, 0.1) is 17.0 Å². The SMILES string of the molecule is Cc1c([N+](=O)[O-])c(C(F)(F)F)nn1N. The van der Waals surface area contributed by atoms with Crippen molar-refractivity contribution in [3.63, 3.8) is 0 Å². The van der Waals surface area contributed by atoms with E-state index in [0.29, 0.717) is 4.79 Å². The summed E-state index contributed by atoms with van der Waals surface area (Å²) in [4.78, 5) is 9.48. The summed E-state index contributed by atoms with van der Waals surface area (Å²) >= 11 is 0. The third kappa shape index (κ3) is 1.47. The van der Waals surface area contributed by atoms with E-state index < -0.39 is 22.5 Å². The Labute approximate surface area is 75.2 Å². The number of hydrogen-bond acceptors (Lipinski definition) is 4. The van der Waals surface area contributed by atoms with Crippen LogP contribution in [-0.2, 0) is 6.18 Å². The molecule has 2 N–H and O–H groups in total. The van der Waals surface area contributed by atoms with Crippen LogP contribution in [0.4, 0.5) is 18.9 Å². The molecule has 14 heavy (non-hydrogen) atoms. The smallest absolute Gasteiger partial charge is 0.323 e. The lowest BCUT2D eigenvalue weighted by Crippen LogP contribution is -2.14. The van der Waals surface area contributed by atoms with Crippen LogP contribution in [-0.4, -0.2) is 14.8 Å². The summed E-state index contributed by atoms with van der Waals surface area (Å²) in [6, 6.07) is 0. The van der Waals surface area contributed by atoms with Crippen molar-refractivity contribution in [2.75, 3.05) is 5.84 Å². The molecule has 0 saturated carbocycles. The van der Waals surface area contributed by atoms with Gasteiger partial charge < -0.3 is 5.84 Å². The van der Waals surface area contributed by atoms with E-state index in [-0.39, 0.29) is 5.69 Å². The maximum Gasteiger partial charge on any atom is 0.442 e. The van der Waals surface area contributed by atoms with Gasteiger partial charge in [0, 0.05) is 0 Å².